The van der Waals surface area contributed by atoms with Crippen molar-refractivity contribution in [2.75, 3.05) is 13.1 Å². The summed E-state index contributed by atoms with van der Waals surface area (Å²) in [6.45, 7) is 6.20. The lowest BCUT2D eigenvalue weighted by Crippen LogP contribution is -2.37. The van der Waals surface area contributed by atoms with E-state index < -0.39 is 0 Å². The van der Waals surface area contributed by atoms with Crippen molar-refractivity contribution in [3.8, 4) is 0 Å². The molecule has 0 atom stereocenters. The fourth-order valence-electron chi connectivity index (χ4n) is 2.17. The summed E-state index contributed by atoms with van der Waals surface area (Å²) in [7, 11) is 0. The Kier molecular flexibility index (Phi) is 6.01. The van der Waals surface area contributed by atoms with Gasteiger partial charge in [0, 0.05) is 25.8 Å². The number of carbonyl (C=O) groups is 1. The van der Waals surface area contributed by atoms with Crippen molar-refractivity contribution >= 4 is 6.03 Å². The zero-order valence-corrected chi connectivity index (χ0v) is 13.3. The minimum absolute atomic E-state index is 0.108. The summed E-state index contributed by atoms with van der Waals surface area (Å²) in [6, 6.07) is 8.27. The lowest BCUT2D eigenvalue weighted by Gasteiger charge is -2.08. The molecule has 1 heterocycles. The molecular formula is C17H24N4O. The molecule has 2 rings (SSSR count). The third-order valence-corrected chi connectivity index (χ3v) is 3.43. The van der Waals surface area contributed by atoms with Crippen molar-refractivity contribution in [1.29, 1.82) is 0 Å². The molecule has 0 fully saturated rings. The number of hydrogen-bond donors (Lipinski definition) is 2. The number of aryl methyl sites for hydroxylation is 3. The highest BCUT2D eigenvalue weighted by Gasteiger charge is 2.00. The number of rotatable bonds is 7. The average molecular weight is 300 g/mol. The Labute approximate surface area is 131 Å². The van der Waals surface area contributed by atoms with Crippen LogP contribution in [0.5, 0.6) is 0 Å². The Morgan fingerprint density at radius 2 is 1.82 bits per heavy atom. The van der Waals surface area contributed by atoms with Crippen molar-refractivity contribution in [2.45, 2.75) is 33.2 Å². The molecule has 2 amide bonds. The van der Waals surface area contributed by atoms with Crippen LogP contribution in [-0.4, -0.2) is 28.9 Å². The van der Waals surface area contributed by atoms with E-state index in [0.717, 1.165) is 24.9 Å². The molecule has 118 valence electrons. The van der Waals surface area contributed by atoms with Crippen molar-refractivity contribution in [1.82, 2.24) is 20.4 Å². The zero-order chi connectivity index (χ0) is 15.8. The molecule has 2 aromatic rings. The van der Waals surface area contributed by atoms with Crippen molar-refractivity contribution < 1.29 is 4.79 Å². The largest absolute Gasteiger partial charge is 0.338 e. The summed E-state index contributed by atoms with van der Waals surface area (Å²) in [5.41, 5.74) is 3.64. The van der Waals surface area contributed by atoms with Gasteiger partial charge in [-0.05, 0) is 37.8 Å². The van der Waals surface area contributed by atoms with Gasteiger partial charge in [0.2, 0.25) is 0 Å². The van der Waals surface area contributed by atoms with Gasteiger partial charge in [0.25, 0.3) is 0 Å². The average Bonchev–Trinajstić information content (AvgIpc) is 2.91. The van der Waals surface area contributed by atoms with Gasteiger partial charge >= 0.3 is 6.03 Å². The molecule has 0 aliphatic rings. The second kappa shape index (κ2) is 8.22. The first-order valence-electron chi connectivity index (χ1n) is 7.70. The number of amides is 2. The number of urea groups is 1. The number of nitrogens with one attached hydrogen (secondary N) is 2. The summed E-state index contributed by atoms with van der Waals surface area (Å²) in [6.07, 6.45) is 5.56. The highest BCUT2D eigenvalue weighted by molar-refractivity contribution is 5.73. The molecule has 0 saturated carbocycles. The van der Waals surface area contributed by atoms with Crippen LogP contribution in [0.4, 0.5) is 4.79 Å². The van der Waals surface area contributed by atoms with Gasteiger partial charge < -0.3 is 10.6 Å². The van der Waals surface area contributed by atoms with Gasteiger partial charge in [0.05, 0.1) is 6.20 Å². The normalized spacial score (nSPS) is 10.5. The highest BCUT2D eigenvalue weighted by Crippen LogP contribution is 2.03. The van der Waals surface area contributed by atoms with Crippen LogP contribution in [0.2, 0.25) is 0 Å². The third-order valence-electron chi connectivity index (χ3n) is 3.43. The first-order valence-corrected chi connectivity index (χ1v) is 7.70. The van der Waals surface area contributed by atoms with Crippen LogP contribution in [0.1, 0.15) is 23.1 Å². The lowest BCUT2D eigenvalue weighted by molar-refractivity contribution is 0.240. The van der Waals surface area contributed by atoms with E-state index in [1.165, 1.54) is 11.1 Å². The standard InChI is InChI=1S/C17H24N4O/c1-14-4-6-16(7-5-14)8-10-19-17(22)18-9-3-11-21-13-15(2)12-20-21/h4-7,12-13H,3,8-11H2,1-2H3,(H2,18,19,22). The van der Waals surface area contributed by atoms with E-state index in [1.807, 2.05) is 24.0 Å². The molecule has 0 unspecified atom stereocenters. The molecule has 0 aliphatic carbocycles. The molecule has 1 aromatic carbocycles. The molecule has 0 aliphatic heterocycles. The molecule has 0 spiro atoms. The second-order valence-electron chi connectivity index (χ2n) is 5.55. The minimum atomic E-state index is -0.108. The molecule has 0 bridgehead atoms. The van der Waals surface area contributed by atoms with Gasteiger partial charge in [-0.2, -0.15) is 5.10 Å². The Morgan fingerprint density at radius 3 is 2.50 bits per heavy atom. The highest BCUT2D eigenvalue weighted by atomic mass is 16.2. The van der Waals surface area contributed by atoms with Crippen LogP contribution in [-0.2, 0) is 13.0 Å². The van der Waals surface area contributed by atoms with E-state index in [0.29, 0.717) is 13.1 Å². The lowest BCUT2D eigenvalue weighted by atomic mass is 10.1. The molecule has 22 heavy (non-hydrogen) atoms. The van der Waals surface area contributed by atoms with Crippen LogP contribution in [0.3, 0.4) is 0 Å². The number of nitrogens with zero attached hydrogens (tertiary/aromatic N) is 2. The Morgan fingerprint density at radius 1 is 1.09 bits per heavy atom. The summed E-state index contributed by atoms with van der Waals surface area (Å²) in [4.78, 5) is 11.7. The number of hydrogen-bond acceptors (Lipinski definition) is 2. The van der Waals surface area contributed by atoms with E-state index >= 15 is 0 Å². The van der Waals surface area contributed by atoms with E-state index in [4.69, 9.17) is 0 Å². The van der Waals surface area contributed by atoms with Gasteiger partial charge in [-0.3, -0.25) is 4.68 Å². The SMILES string of the molecule is Cc1ccc(CCNC(=O)NCCCn2cc(C)cn2)cc1. The number of carbonyl (C=O) groups excluding carboxylic acids is 1. The Balaban J connectivity index is 1.55. The van der Waals surface area contributed by atoms with Gasteiger partial charge in [-0.1, -0.05) is 29.8 Å². The predicted octanol–water partition coefficient (Wildman–Crippen LogP) is 2.43. The van der Waals surface area contributed by atoms with Gasteiger partial charge in [-0.25, -0.2) is 4.79 Å². The maximum Gasteiger partial charge on any atom is 0.314 e. The van der Waals surface area contributed by atoms with E-state index in [9.17, 15) is 4.79 Å². The van der Waals surface area contributed by atoms with E-state index in [1.54, 1.807) is 0 Å². The predicted molar refractivity (Wildman–Crippen MR) is 87.9 cm³/mol. The number of benzene rings is 1. The molecule has 1 aromatic heterocycles. The van der Waals surface area contributed by atoms with Crippen molar-refractivity contribution in [3.05, 3.63) is 53.3 Å². The maximum absolute atomic E-state index is 11.7. The first kappa shape index (κ1) is 16.1. The second-order valence-corrected chi connectivity index (χ2v) is 5.55. The van der Waals surface area contributed by atoms with Gasteiger partial charge in [0.1, 0.15) is 0 Å². The van der Waals surface area contributed by atoms with Crippen molar-refractivity contribution in [3.63, 3.8) is 0 Å². The van der Waals surface area contributed by atoms with Gasteiger partial charge in [-0.15, -0.1) is 0 Å². The Bertz CT molecular complexity index is 589. The number of aromatic nitrogens is 2. The molecule has 5 nitrogen and oxygen atoms in total. The van der Waals surface area contributed by atoms with Crippen LogP contribution in [0, 0.1) is 13.8 Å². The molecule has 2 N–H and O–H groups in total. The summed E-state index contributed by atoms with van der Waals surface area (Å²) < 4.78 is 1.90. The quantitative estimate of drug-likeness (QED) is 0.772. The topological polar surface area (TPSA) is 59.0 Å². The monoisotopic (exact) mass is 300 g/mol. The van der Waals surface area contributed by atoms with E-state index in [2.05, 4.69) is 46.9 Å². The van der Waals surface area contributed by atoms with Crippen LogP contribution in [0.15, 0.2) is 36.7 Å². The Hall–Kier alpha value is -2.30. The smallest absolute Gasteiger partial charge is 0.314 e. The first-order chi connectivity index (χ1) is 10.6. The third kappa shape index (κ3) is 5.60. The minimum Gasteiger partial charge on any atom is -0.338 e. The fraction of sp³-hybridized carbons (Fsp3) is 0.412. The van der Waals surface area contributed by atoms with E-state index in [-0.39, 0.29) is 6.03 Å². The van der Waals surface area contributed by atoms with Gasteiger partial charge in [0.15, 0.2) is 0 Å². The fourth-order valence-corrected chi connectivity index (χ4v) is 2.17. The van der Waals surface area contributed by atoms with Crippen LogP contribution < -0.4 is 10.6 Å². The molecule has 5 heteroatoms. The van der Waals surface area contributed by atoms with Crippen LogP contribution >= 0.6 is 0 Å². The maximum atomic E-state index is 11.7. The summed E-state index contributed by atoms with van der Waals surface area (Å²) in [5.74, 6) is 0. The summed E-state index contributed by atoms with van der Waals surface area (Å²) in [5, 5.41) is 9.95. The molecular weight excluding hydrogens is 276 g/mol. The molecule has 0 radical (unpaired) electrons. The van der Waals surface area contributed by atoms with Crippen LogP contribution in [0.25, 0.3) is 0 Å². The zero-order valence-electron chi connectivity index (χ0n) is 13.3. The summed E-state index contributed by atoms with van der Waals surface area (Å²) >= 11 is 0. The van der Waals surface area contributed by atoms with Crippen molar-refractivity contribution in [2.24, 2.45) is 0 Å². The molecule has 0 saturated heterocycles.